The first-order valence-electron chi connectivity index (χ1n) is 21.1. The van der Waals surface area contributed by atoms with E-state index in [9.17, 15) is 19.0 Å². The molecule has 0 saturated heterocycles. The maximum Gasteiger partial charge on any atom is 0.306 e. The molecule has 9 nitrogen and oxygen atoms in total. The topological polar surface area (TPSA) is 111 Å². The number of phosphoric acid groups is 1. The molecule has 0 spiro atoms. The molecule has 1 unspecified atom stereocenters. The number of rotatable bonds is 37. The van der Waals surface area contributed by atoms with Crippen molar-refractivity contribution in [1.29, 1.82) is 0 Å². The van der Waals surface area contributed by atoms with Crippen LogP contribution in [0.5, 0.6) is 0 Å². The highest BCUT2D eigenvalue weighted by Crippen LogP contribution is 2.38. The van der Waals surface area contributed by atoms with E-state index in [1.807, 2.05) is 21.1 Å². The van der Waals surface area contributed by atoms with E-state index in [-0.39, 0.29) is 26.1 Å². The Morgan fingerprint density at radius 3 is 1.58 bits per heavy atom. The minimum atomic E-state index is -4.63. The summed E-state index contributed by atoms with van der Waals surface area (Å²) in [6.45, 7) is 4.01. The Labute approximate surface area is 336 Å². The lowest BCUT2D eigenvalue weighted by molar-refractivity contribution is -0.870. The maximum atomic E-state index is 12.6. The summed E-state index contributed by atoms with van der Waals surface area (Å²) in [5, 5.41) is 0. The van der Waals surface area contributed by atoms with Gasteiger partial charge in [-0.2, -0.15) is 0 Å². The Morgan fingerprint density at radius 2 is 1.04 bits per heavy atom. The lowest BCUT2D eigenvalue weighted by atomic mass is 10.1. The molecule has 0 bridgehead atoms. The molecular formula is C45H78NO8P. The van der Waals surface area contributed by atoms with E-state index < -0.39 is 32.5 Å². The van der Waals surface area contributed by atoms with E-state index in [4.69, 9.17) is 18.5 Å². The quantitative estimate of drug-likeness (QED) is 0.0201. The molecule has 0 aliphatic rings. The van der Waals surface area contributed by atoms with Crippen LogP contribution in [-0.4, -0.2) is 70.0 Å². The first kappa shape index (κ1) is 52.5. The largest absolute Gasteiger partial charge is 0.756 e. The molecule has 0 N–H and O–H groups in total. The van der Waals surface area contributed by atoms with Crippen molar-refractivity contribution in [2.45, 2.75) is 155 Å². The minimum absolute atomic E-state index is 0.0416. The van der Waals surface area contributed by atoms with Gasteiger partial charge in [-0.1, -0.05) is 125 Å². The zero-order chi connectivity index (χ0) is 40.7. The molecule has 0 aromatic heterocycles. The van der Waals surface area contributed by atoms with Gasteiger partial charge in [0.1, 0.15) is 19.8 Å². The molecule has 10 heteroatoms. The number of carbonyl (C=O) groups excluding carboxylic acids is 2. The average molecular weight is 792 g/mol. The average Bonchev–Trinajstić information content (AvgIpc) is 3.13. The molecule has 0 aliphatic carbocycles. The number of unbranched alkanes of at least 4 members (excludes halogenated alkanes) is 11. The Hall–Kier alpha value is -2.55. The molecule has 0 saturated carbocycles. The number of likely N-dealkylation sites (N-methyl/N-ethyl adjacent to an activating group) is 1. The molecule has 0 aromatic rings. The highest BCUT2D eigenvalue weighted by Gasteiger charge is 2.21. The second kappa shape index (κ2) is 37.1. The van der Waals surface area contributed by atoms with Crippen molar-refractivity contribution in [3.05, 3.63) is 72.9 Å². The summed E-state index contributed by atoms with van der Waals surface area (Å²) in [5.41, 5.74) is 0. The number of carbonyl (C=O) groups is 2. The Balaban J connectivity index is 4.45. The number of phosphoric ester groups is 1. The summed E-state index contributed by atoms with van der Waals surface area (Å²) in [4.78, 5) is 37.4. The number of hydrogen-bond donors (Lipinski definition) is 0. The van der Waals surface area contributed by atoms with Crippen LogP contribution in [-0.2, 0) is 32.7 Å². The molecule has 0 fully saturated rings. The molecule has 55 heavy (non-hydrogen) atoms. The van der Waals surface area contributed by atoms with Crippen molar-refractivity contribution >= 4 is 19.8 Å². The molecule has 2 atom stereocenters. The third kappa shape index (κ3) is 40.9. The molecule has 316 valence electrons. The second-order valence-electron chi connectivity index (χ2n) is 15.0. The third-order valence-electron chi connectivity index (χ3n) is 8.46. The normalized spacial score (nSPS) is 14.4. The zero-order valence-electron chi connectivity index (χ0n) is 35.3. The highest BCUT2D eigenvalue weighted by molar-refractivity contribution is 7.45. The van der Waals surface area contributed by atoms with Gasteiger partial charge in [-0.25, -0.2) is 0 Å². The van der Waals surface area contributed by atoms with Gasteiger partial charge in [-0.15, -0.1) is 0 Å². The fraction of sp³-hybridized carbons (Fsp3) is 0.689. The second-order valence-corrected chi connectivity index (χ2v) is 16.4. The van der Waals surface area contributed by atoms with Gasteiger partial charge in [0, 0.05) is 12.8 Å². The van der Waals surface area contributed by atoms with Gasteiger partial charge in [0.15, 0.2) is 6.10 Å². The van der Waals surface area contributed by atoms with Crippen LogP contribution < -0.4 is 4.89 Å². The highest BCUT2D eigenvalue weighted by atomic mass is 31.2. The zero-order valence-corrected chi connectivity index (χ0v) is 36.2. The summed E-state index contributed by atoms with van der Waals surface area (Å²) in [7, 11) is 1.13. The summed E-state index contributed by atoms with van der Waals surface area (Å²) in [6.07, 6.45) is 45.0. The van der Waals surface area contributed by atoms with Crippen molar-refractivity contribution in [2.24, 2.45) is 0 Å². The molecule has 0 rings (SSSR count). The summed E-state index contributed by atoms with van der Waals surface area (Å²) >= 11 is 0. The first-order valence-corrected chi connectivity index (χ1v) is 22.6. The van der Waals surface area contributed by atoms with Gasteiger partial charge in [-0.05, 0) is 83.5 Å². The van der Waals surface area contributed by atoms with Gasteiger partial charge >= 0.3 is 11.9 Å². The molecule has 0 heterocycles. The standard InChI is InChI=1S/C45H78NO8P/c1-6-8-10-12-14-16-18-20-21-22-23-24-25-26-28-29-31-33-35-37-44(47)51-41-43(42-53-55(49,50)52-40-39-46(3,4)5)54-45(48)38-36-34-32-30-27-19-17-15-13-11-9-7-2/h8,10,14-17,20-21,23-24,26,28,43H,6-7,9,11-13,18-19,22,25,27,29-42H2,1-5H3/b10-8+,16-14+,17-15+,21-20+,24-23+,28-26+/t43-/m0/s1. The molecule has 0 aliphatic heterocycles. The smallest absolute Gasteiger partial charge is 0.306 e. The van der Waals surface area contributed by atoms with Crippen LogP contribution in [0.15, 0.2) is 72.9 Å². The molecule has 0 amide bonds. The van der Waals surface area contributed by atoms with Crippen molar-refractivity contribution in [1.82, 2.24) is 0 Å². The van der Waals surface area contributed by atoms with Crippen molar-refractivity contribution in [2.75, 3.05) is 47.5 Å². The molecule has 0 aromatic carbocycles. The van der Waals surface area contributed by atoms with Gasteiger partial charge < -0.3 is 27.9 Å². The summed E-state index contributed by atoms with van der Waals surface area (Å²) in [5.74, 6) is -0.891. The lowest BCUT2D eigenvalue weighted by Gasteiger charge is -2.28. The number of hydrogen-bond acceptors (Lipinski definition) is 8. The van der Waals surface area contributed by atoms with Crippen LogP contribution in [0.3, 0.4) is 0 Å². The van der Waals surface area contributed by atoms with E-state index in [1.165, 1.54) is 19.3 Å². The van der Waals surface area contributed by atoms with E-state index in [2.05, 4.69) is 86.8 Å². The predicted octanol–water partition coefficient (Wildman–Crippen LogP) is 11.2. The Bertz CT molecular complexity index is 1170. The Morgan fingerprint density at radius 1 is 0.582 bits per heavy atom. The maximum absolute atomic E-state index is 12.6. The number of esters is 2. The molecular weight excluding hydrogens is 713 g/mol. The number of nitrogens with zero attached hydrogens (tertiary/aromatic N) is 1. The SMILES string of the molecule is CC/C=C/C/C=C/C/C=C/C/C=C/C/C=C/CCCCCC(=O)OC[C@@H](COP(=O)([O-])OCC[N+](C)(C)C)OC(=O)CCCCCCC/C=C/CCCCC. The van der Waals surface area contributed by atoms with Gasteiger partial charge in [0.25, 0.3) is 7.82 Å². The van der Waals surface area contributed by atoms with Gasteiger partial charge in [-0.3, -0.25) is 14.2 Å². The number of ether oxygens (including phenoxy) is 2. The monoisotopic (exact) mass is 792 g/mol. The van der Waals surface area contributed by atoms with E-state index in [1.54, 1.807) is 0 Å². The summed E-state index contributed by atoms with van der Waals surface area (Å²) < 4.78 is 33.8. The van der Waals surface area contributed by atoms with Gasteiger partial charge in [0.2, 0.25) is 0 Å². The summed E-state index contributed by atoms with van der Waals surface area (Å²) in [6, 6.07) is 0. The van der Waals surface area contributed by atoms with Crippen LogP contribution in [0.4, 0.5) is 0 Å². The fourth-order valence-corrected chi connectivity index (χ4v) is 5.87. The van der Waals surface area contributed by atoms with Crippen molar-refractivity contribution in [3.63, 3.8) is 0 Å². The minimum Gasteiger partial charge on any atom is -0.756 e. The van der Waals surface area contributed by atoms with E-state index in [0.717, 1.165) is 89.9 Å². The number of allylic oxidation sites excluding steroid dienone is 12. The fourth-order valence-electron chi connectivity index (χ4n) is 5.14. The Kier molecular flexibility index (Phi) is 35.3. The van der Waals surface area contributed by atoms with Crippen molar-refractivity contribution in [3.8, 4) is 0 Å². The first-order chi connectivity index (χ1) is 26.5. The van der Waals surface area contributed by atoms with Crippen LogP contribution in [0, 0.1) is 0 Å². The van der Waals surface area contributed by atoms with Gasteiger partial charge in [0.05, 0.1) is 27.7 Å². The van der Waals surface area contributed by atoms with Crippen LogP contribution in [0.1, 0.15) is 149 Å². The van der Waals surface area contributed by atoms with Crippen LogP contribution in [0.25, 0.3) is 0 Å². The lowest BCUT2D eigenvalue weighted by Crippen LogP contribution is -2.37. The van der Waals surface area contributed by atoms with Crippen LogP contribution in [0.2, 0.25) is 0 Å². The predicted molar refractivity (Wildman–Crippen MR) is 226 cm³/mol. The van der Waals surface area contributed by atoms with E-state index in [0.29, 0.717) is 23.9 Å². The van der Waals surface area contributed by atoms with E-state index >= 15 is 0 Å². The molecule has 0 radical (unpaired) electrons. The number of quaternary nitrogens is 1. The third-order valence-corrected chi connectivity index (χ3v) is 9.42. The van der Waals surface area contributed by atoms with Crippen molar-refractivity contribution < 1.29 is 42.1 Å². The van der Waals surface area contributed by atoms with Crippen LogP contribution >= 0.6 is 7.82 Å².